The number of benzene rings is 1. The van der Waals surface area contributed by atoms with Crippen molar-refractivity contribution >= 4 is 33.8 Å². The summed E-state index contributed by atoms with van der Waals surface area (Å²) in [7, 11) is 0. The number of hydrogen-bond donors (Lipinski definition) is 0. The summed E-state index contributed by atoms with van der Waals surface area (Å²) >= 11 is 7.33. The van der Waals surface area contributed by atoms with Gasteiger partial charge in [0, 0.05) is 61.0 Å². The van der Waals surface area contributed by atoms with Crippen LogP contribution < -0.4 is 5.56 Å². The first-order valence-corrected chi connectivity index (χ1v) is 9.59. The Balaban J connectivity index is 1.39. The first-order valence-electron chi connectivity index (χ1n) is 8.33. The predicted octanol–water partition coefficient (Wildman–Crippen LogP) is 2.37. The van der Waals surface area contributed by atoms with Crippen molar-refractivity contribution in [2.45, 2.75) is 6.54 Å². The maximum atomic E-state index is 12.5. The third-order valence-corrected chi connectivity index (χ3v) is 5.50. The summed E-state index contributed by atoms with van der Waals surface area (Å²) in [5.41, 5.74) is 1.37. The van der Waals surface area contributed by atoms with Gasteiger partial charge in [0.2, 0.25) is 0 Å². The lowest BCUT2D eigenvalue weighted by Crippen LogP contribution is -2.48. The number of nitrogens with zero attached hydrogens (tertiary/aromatic N) is 4. The number of amides is 1. The lowest BCUT2D eigenvalue weighted by Gasteiger charge is -2.34. The topological polar surface area (TPSA) is 57.9 Å². The molecular formula is C18H17ClN4O2S. The number of carbonyl (C=O) groups is 1. The van der Waals surface area contributed by atoms with Gasteiger partial charge in [0.1, 0.15) is 0 Å². The maximum Gasteiger partial charge on any atom is 0.258 e. The van der Waals surface area contributed by atoms with Crippen LogP contribution in [0.5, 0.6) is 0 Å². The average molecular weight is 389 g/mol. The number of fused-ring (bicyclic) bond motifs is 1. The smallest absolute Gasteiger partial charge is 0.258 e. The number of thiazole rings is 1. The molecule has 0 aliphatic carbocycles. The van der Waals surface area contributed by atoms with Gasteiger partial charge in [0.25, 0.3) is 11.5 Å². The summed E-state index contributed by atoms with van der Waals surface area (Å²) < 4.78 is 1.55. The zero-order chi connectivity index (χ0) is 18.1. The SMILES string of the molecule is O=C(c1ccc(Cl)cc1)N1CCN(Cc2cc(=O)n3ccsc3n2)CC1. The number of halogens is 1. The molecule has 0 N–H and O–H groups in total. The van der Waals surface area contributed by atoms with Crippen molar-refractivity contribution in [1.29, 1.82) is 0 Å². The van der Waals surface area contributed by atoms with Gasteiger partial charge in [0.15, 0.2) is 4.96 Å². The molecule has 3 heterocycles. The van der Waals surface area contributed by atoms with Crippen LogP contribution in [0.4, 0.5) is 0 Å². The minimum Gasteiger partial charge on any atom is -0.336 e. The summed E-state index contributed by atoms with van der Waals surface area (Å²) in [6.07, 6.45) is 1.74. The lowest BCUT2D eigenvalue weighted by molar-refractivity contribution is 0.0627. The molecule has 0 spiro atoms. The Morgan fingerprint density at radius 3 is 2.62 bits per heavy atom. The van der Waals surface area contributed by atoms with Gasteiger partial charge in [-0.25, -0.2) is 4.98 Å². The van der Waals surface area contributed by atoms with Gasteiger partial charge in [-0.15, -0.1) is 11.3 Å². The molecule has 0 bridgehead atoms. The first kappa shape index (κ1) is 17.2. The van der Waals surface area contributed by atoms with E-state index >= 15 is 0 Å². The molecule has 0 radical (unpaired) electrons. The Labute approximate surface area is 159 Å². The molecule has 8 heteroatoms. The molecule has 6 nitrogen and oxygen atoms in total. The fourth-order valence-corrected chi connectivity index (χ4v) is 3.95. The fourth-order valence-electron chi connectivity index (χ4n) is 3.08. The van der Waals surface area contributed by atoms with Crippen LogP contribution in [0.1, 0.15) is 16.1 Å². The quantitative estimate of drug-likeness (QED) is 0.691. The Hall–Kier alpha value is -2.22. The molecule has 0 unspecified atom stereocenters. The molecule has 134 valence electrons. The fraction of sp³-hybridized carbons (Fsp3) is 0.278. The normalized spacial score (nSPS) is 15.5. The Bertz CT molecular complexity index is 990. The van der Waals surface area contributed by atoms with Crippen LogP contribution in [0, 0.1) is 0 Å². The summed E-state index contributed by atoms with van der Waals surface area (Å²) in [4.78, 5) is 34.0. The molecule has 4 rings (SSSR count). The number of carbonyl (C=O) groups excluding carboxylic acids is 1. The van der Waals surface area contributed by atoms with E-state index in [-0.39, 0.29) is 11.5 Å². The molecule has 0 saturated carbocycles. The molecule has 1 aliphatic rings. The van der Waals surface area contributed by atoms with E-state index in [0.717, 1.165) is 18.8 Å². The highest BCUT2D eigenvalue weighted by Crippen LogP contribution is 2.14. The van der Waals surface area contributed by atoms with Crippen molar-refractivity contribution in [3.8, 4) is 0 Å². The van der Waals surface area contributed by atoms with Crippen LogP contribution in [0.25, 0.3) is 4.96 Å². The van der Waals surface area contributed by atoms with Gasteiger partial charge in [-0.05, 0) is 24.3 Å². The van der Waals surface area contributed by atoms with E-state index in [9.17, 15) is 9.59 Å². The summed E-state index contributed by atoms with van der Waals surface area (Å²) in [6, 6.07) is 8.56. The molecule has 2 aromatic heterocycles. The molecule has 1 fully saturated rings. The Morgan fingerprint density at radius 2 is 1.88 bits per heavy atom. The van der Waals surface area contributed by atoms with Crippen molar-refractivity contribution in [3.63, 3.8) is 0 Å². The van der Waals surface area contributed by atoms with Crippen molar-refractivity contribution in [3.05, 3.63) is 68.5 Å². The minimum absolute atomic E-state index is 0.0256. The van der Waals surface area contributed by atoms with E-state index in [1.807, 2.05) is 10.3 Å². The van der Waals surface area contributed by atoms with E-state index in [2.05, 4.69) is 9.88 Å². The molecule has 1 amide bonds. The third-order valence-electron chi connectivity index (χ3n) is 4.49. The zero-order valence-corrected chi connectivity index (χ0v) is 15.5. The summed E-state index contributed by atoms with van der Waals surface area (Å²) in [6.45, 7) is 3.44. The van der Waals surface area contributed by atoms with E-state index in [0.29, 0.717) is 35.2 Å². The largest absolute Gasteiger partial charge is 0.336 e. The van der Waals surface area contributed by atoms with Gasteiger partial charge >= 0.3 is 0 Å². The molecule has 26 heavy (non-hydrogen) atoms. The Kier molecular flexibility index (Phi) is 4.76. The highest BCUT2D eigenvalue weighted by molar-refractivity contribution is 7.15. The monoisotopic (exact) mass is 388 g/mol. The highest BCUT2D eigenvalue weighted by atomic mass is 35.5. The molecular weight excluding hydrogens is 372 g/mol. The van der Waals surface area contributed by atoms with E-state index in [1.54, 1.807) is 40.9 Å². The molecule has 1 aromatic carbocycles. The third kappa shape index (κ3) is 3.51. The summed E-state index contributed by atoms with van der Waals surface area (Å²) in [5, 5.41) is 2.48. The predicted molar refractivity (Wildman–Crippen MR) is 102 cm³/mol. The van der Waals surface area contributed by atoms with Crippen LogP contribution >= 0.6 is 22.9 Å². The van der Waals surface area contributed by atoms with Gasteiger partial charge < -0.3 is 4.90 Å². The van der Waals surface area contributed by atoms with E-state index in [1.165, 1.54) is 11.3 Å². The minimum atomic E-state index is -0.0530. The van der Waals surface area contributed by atoms with Crippen LogP contribution in [0.2, 0.25) is 5.02 Å². The maximum absolute atomic E-state index is 12.5. The highest BCUT2D eigenvalue weighted by Gasteiger charge is 2.22. The summed E-state index contributed by atoms with van der Waals surface area (Å²) in [5.74, 6) is 0.0256. The van der Waals surface area contributed by atoms with Gasteiger partial charge in [-0.1, -0.05) is 11.6 Å². The van der Waals surface area contributed by atoms with Crippen LogP contribution in [0.3, 0.4) is 0 Å². The second kappa shape index (κ2) is 7.19. The van der Waals surface area contributed by atoms with E-state index < -0.39 is 0 Å². The van der Waals surface area contributed by atoms with Gasteiger partial charge in [-0.3, -0.25) is 18.9 Å². The first-order chi connectivity index (χ1) is 12.6. The molecule has 1 aliphatic heterocycles. The van der Waals surface area contributed by atoms with Crippen molar-refractivity contribution < 1.29 is 4.79 Å². The number of aromatic nitrogens is 2. The molecule has 1 saturated heterocycles. The van der Waals surface area contributed by atoms with Crippen molar-refractivity contribution in [2.75, 3.05) is 26.2 Å². The molecule has 0 atom stereocenters. The number of piperazine rings is 1. The molecule has 3 aromatic rings. The number of hydrogen-bond acceptors (Lipinski definition) is 5. The second-order valence-corrected chi connectivity index (χ2v) is 7.53. The zero-order valence-electron chi connectivity index (χ0n) is 14.0. The number of rotatable bonds is 3. The van der Waals surface area contributed by atoms with Crippen molar-refractivity contribution in [2.24, 2.45) is 0 Å². The van der Waals surface area contributed by atoms with Crippen LogP contribution in [-0.4, -0.2) is 51.3 Å². The standard InChI is InChI=1S/C18H17ClN4O2S/c19-14-3-1-13(2-4-14)17(25)22-7-5-21(6-8-22)12-15-11-16(24)23-9-10-26-18(23)20-15/h1-4,9-11H,5-8,12H2. The van der Waals surface area contributed by atoms with Gasteiger partial charge in [-0.2, -0.15) is 0 Å². The van der Waals surface area contributed by atoms with Gasteiger partial charge in [0.05, 0.1) is 5.69 Å². The van der Waals surface area contributed by atoms with Crippen LogP contribution in [-0.2, 0) is 6.54 Å². The Morgan fingerprint density at radius 1 is 1.15 bits per heavy atom. The second-order valence-electron chi connectivity index (χ2n) is 6.22. The van der Waals surface area contributed by atoms with Crippen LogP contribution in [0.15, 0.2) is 46.7 Å². The lowest BCUT2D eigenvalue weighted by atomic mass is 10.2. The average Bonchev–Trinajstić information content (AvgIpc) is 3.12. The van der Waals surface area contributed by atoms with Crippen molar-refractivity contribution in [1.82, 2.24) is 19.2 Å². The van der Waals surface area contributed by atoms with E-state index in [4.69, 9.17) is 11.6 Å².